The lowest BCUT2D eigenvalue weighted by Gasteiger charge is -2.28. The first-order valence-corrected chi connectivity index (χ1v) is 14.4. The van der Waals surface area contributed by atoms with E-state index in [4.69, 9.17) is 16.3 Å². The van der Waals surface area contributed by atoms with Crippen molar-refractivity contribution in [3.63, 3.8) is 0 Å². The van der Waals surface area contributed by atoms with E-state index in [1.807, 2.05) is 82.9 Å². The van der Waals surface area contributed by atoms with Crippen LogP contribution in [0.2, 0.25) is 5.02 Å². The predicted molar refractivity (Wildman–Crippen MR) is 165 cm³/mol. The van der Waals surface area contributed by atoms with Crippen molar-refractivity contribution < 1.29 is 14.3 Å². The summed E-state index contributed by atoms with van der Waals surface area (Å²) < 4.78 is 7.43. The Labute approximate surface area is 246 Å². The number of amides is 2. The molecule has 214 valence electrons. The standard InChI is InChI=1S/C33H37ClN4O3/c1-23-29-20-28(41-4)12-14-31(29)35(3)32(23)33(40)37-18-17-36(21-25-9-6-5-7-10-25)15-8-16-38(24(2)39)30-13-11-27(34)19-26(30)22-37/h5-7,9-14,19-20H,8,15-18,21-22H2,1-4H3. The van der Waals surface area contributed by atoms with E-state index in [9.17, 15) is 9.59 Å². The minimum Gasteiger partial charge on any atom is -0.497 e. The smallest absolute Gasteiger partial charge is 0.271 e. The number of anilines is 1. The van der Waals surface area contributed by atoms with Gasteiger partial charge in [-0.3, -0.25) is 14.5 Å². The van der Waals surface area contributed by atoms with Crippen molar-refractivity contribution in [2.24, 2.45) is 7.05 Å². The van der Waals surface area contributed by atoms with Gasteiger partial charge in [-0.15, -0.1) is 0 Å². The van der Waals surface area contributed by atoms with Crippen molar-refractivity contribution in [1.82, 2.24) is 14.4 Å². The van der Waals surface area contributed by atoms with Crippen molar-refractivity contribution >= 4 is 40.0 Å². The van der Waals surface area contributed by atoms with E-state index < -0.39 is 0 Å². The summed E-state index contributed by atoms with van der Waals surface area (Å²) in [5, 5.41) is 1.57. The molecule has 0 saturated heterocycles. The molecule has 3 aromatic carbocycles. The van der Waals surface area contributed by atoms with Crippen LogP contribution in [0.4, 0.5) is 5.69 Å². The van der Waals surface area contributed by atoms with Crippen LogP contribution >= 0.6 is 11.6 Å². The van der Waals surface area contributed by atoms with Gasteiger partial charge in [0.25, 0.3) is 5.91 Å². The summed E-state index contributed by atoms with van der Waals surface area (Å²) >= 11 is 6.46. The zero-order valence-electron chi connectivity index (χ0n) is 24.2. The largest absolute Gasteiger partial charge is 0.497 e. The molecule has 2 heterocycles. The van der Waals surface area contributed by atoms with Gasteiger partial charge in [-0.25, -0.2) is 0 Å². The van der Waals surface area contributed by atoms with Gasteiger partial charge < -0.3 is 19.1 Å². The summed E-state index contributed by atoms with van der Waals surface area (Å²) in [4.78, 5) is 33.3. The SMILES string of the molecule is COc1ccc2c(c1)c(C)c(C(=O)N1CCN(Cc3ccccc3)CCCN(C(C)=O)c3ccc(Cl)cc3C1)n2C. The number of aromatic nitrogens is 1. The summed E-state index contributed by atoms with van der Waals surface area (Å²) in [6, 6.07) is 21.8. The third kappa shape index (κ3) is 6.11. The molecule has 0 bridgehead atoms. The van der Waals surface area contributed by atoms with Gasteiger partial charge in [0.1, 0.15) is 11.4 Å². The first kappa shape index (κ1) is 28.7. The Balaban J connectivity index is 1.56. The second-order valence-corrected chi connectivity index (χ2v) is 11.1. The first-order chi connectivity index (χ1) is 19.8. The molecule has 0 unspecified atom stereocenters. The quantitative estimate of drug-likeness (QED) is 0.299. The van der Waals surface area contributed by atoms with Crippen molar-refractivity contribution in [3.05, 3.63) is 94.1 Å². The fourth-order valence-electron chi connectivity index (χ4n) is 5.86. The summed E-state index contributed by atoms with van der Waals surface area (Å²) in [6.07, 6.45) is 0.812. The van der Waals surface area contributed by atoms with E-state index >= 15 is 0 Å². The first-order valence-electron chi connectivity index (χ1n) is 14.0. The van der Waals surface area contributed by atoms with Gasteiger partial charge in [0.05, 0.1) is 7.11 Å². The maximum atomic E-state index is 14.4. The highest BCUT2D eigenvalue weighted by atomic mass is 35.5. The Morgan fingerprint density at radius 1 is 0.951 bits per heavy atom. The lowest BCUT2D eigenvalue weighted by molar-refractivity contribution is -0.116. The molecule has 0 saturated carbocycles. The van der Waals surface area contributed by atoms with Crippen LogP contribution in [0.15, 0.2) is 66.7 Å². The number of carbonyl (C=O) groups is 2. The number of halogens is 1. The second-order valence-electron chi connectivity index (χ2n) is 10.7. The number of nitrogens with zero attached hydrogens (tertiary/aromatic N) is 4. The molecular formula is C33H37ClN4O3. The lowest BCUT2D eigenvalue weighted by Crippen LogP contribution is -2.39. The fourth-order valence-corrected chi connectivity index (χ4v) is 6.06. The number of fused-ring (bicyclic) bond motifs is 2. The number of hydrogen-bond donors (Lipinski definition) is 0. The molecule has 0 atom stereocenters. The predicted octanol–water partition coefficient (Wildman–Crippen LogP) is 6.05. The second kappa shape index (κ2) is 12.4. The van der Waals surface area contributed by atoms with Gasteiger partial charge in [0, 0.05) is 74.9 Å². The number of benzene rings is 3. The topological polar surface area (TPSA) is 58.0 Å². The number of hydrogen-bond acceptors (Lipinski definition) is 4. The van der Waals surface area contributed by atoms with Crippen molar-refractivity contribution in [3.8, 4) is 5.75 Å². The van der Waals surface area contributed by atoms with Gasteiger partial charge in [-0.05, 0) is 66.4 Å². The molecule has 1 aromatic heterocycles. The normalized spacial score (nSPS) is 15.0. The van der Waals surface area contributed by atoms with E-state index in [1.165, 1.54) is 5.56 Å². The Bertz CT molecular complexity index is 1570. The lowest BCUT2D eigenvalue weighted by atomic mass is 10.1. The molecule has 1 aliphatic heterocycles. The summed E-state index contributed by atoms with van der Waals surface area (Å²) in [6.45, 7) is 7.32. The Morgan fingerprint density at radius 2 is 1.73 bits per heavy atom. The van der Waals surface area contributed by atoms with Gasteiger partial charge in [-0.1, -0.05) is 41.9 Å². The van der Waals surface area contributed by atoms with Crippen LogP contribution in [-0.2, 0) is 24.9 Å². The molecule has 5 rings (SSSR count). The van der Waals surface area contributed by atoms with Crippen LogP contribution in [-0.4, -0.2) is 59.5 Å². The summed E-state index contributed by atoms with van der Waals surface area (Å²) in [7, 11) is 3.58. The minimum atomic E-state index is -0.0561. The highest BCUT2D eigenvalue weighted by Gasteiger charge is 2.27. The molecule has 8 heteroatoms. The average molecular weight is 573 g/mol. The number of carbonyl (C=O) groups excluding carboxylic acids is 2. The van der Waals surface area contributed by atoms with E-state index in [0.717, 1.165) is 53.0 Å². The molecule has 1 aliphatic rings. The molecule has 0 aliphatic carbocycles. The third-order valence-electron chi connectivity index (χ3n) is 8.01. The molecular weight excluding hydrogens is 536 g/mol. The maximum Gasteiger partial charge on any atom is 0.271 e. The molecule has 0 fully saturated rings. The highest BCUT2D eigenvalue weighted by Crippen LogP contribution is 2.31. The van der Waals surface area contributed by atoms with E-state index in [0.29, 0.717) is 36.9 Å². The van der Waals surface area contributed by atoms with Crippen LogP contribution in [0.5, 0.6) is 5.75 Å². The van der Waals surface area contributed by atoms with Crippen molar-refractivity contribution in [1.29, 1.82) is 0 Å². The van der Waals surface area contributed by atoms with E-state index in [1.54, 1.807) is 14.0 Å². The van der Waals surface area contributed by atoms with Crippen LogP contribution in [0.1, 0.15) is 40.5 Å². The van der Waals surface area contributed by atoms with Crippen LogP contribution in [0.3, 0.4) is 0 Å². The van der Waals surface area contributed by atoms with Crippen LogP contribution < -0.4 is 9.64 Å². The highest BCUT2D eigenvalue weighted by molar-refractivity contribution is 6.30. The Morgan fingerprint density at radius 3 is 2.46 bits per heavy atom. The molecule has 4 aromatic rings. The van der Waals surface area contributed by atoms with Crippen LogP contribution in [0.25, 0.3) is 10.9 Å². The molecule has 0 spiro atoms. The zero-order valence-corrected chi connectivity index (χ0v) is 24.9. The average Bonchev–Trinajstić information content (AvgIpc) is 3.20. The van der Waals surface area contributed by atoms with E-state index in [-0.39, 0.29) is 11.8 Å². The van der Waals surface area contributed by atoms with Gasteiger partial charge in [-0.2, -0.15) is 0 Å². The summed E-state index contributed by atoms with van der Waals surface area (Å²) in [5.41, 5.74) is 5.41. The van der Waals surface area contributed by atoms with Gasteiger partial charge >= 0.3 is 0 Å². The fraction of sp³-hybridized carbons (Fsp3) is 0.333. The third-order valence-corrected chi connectivity index (χ3v) is 8.25. The van der Waals surface area contributed by atoms with Crippen molar-refractivity contribution in [2.45, 2.75) is 33.4 Å². The van der Waals surface area contributed by atoms with E-state index in [2.05, 4.69) is 17.0 Å². The minimum absolute atomic E-state index is 0.0289. The molecule has 2 amide bonds. The molecule has 41 heavy (non-hydrogen) atoms. The monoisotopic (exact) mass is 572 g/mol. The van der Waals surface area contributed by atoms with Gasteiger partial charge in [0.2, 0.25) is 5.91 Å². The number of methoxy groups -OCH3 is 1. The Hall–Kier alpha value is -3.81. The van der Waals surface area contributed by atoms with Gasteiger partial charge in [0.15, 0.2) is 0 Å². The molecule has 0 N–H and O–H groups in total. The maximum absolute atomic E-state index is 14.4. The van der Waals surface area contributed by atoms with Crippen LogP contribution in [0, 0.1) is 6.92 Å². The number of rotatable bonds is 4. The summed E-state index contributed by atoms with van der Waals surface area (Å²) in [5.74, 6) is 0.669. The molecule has 7 nitrogen and oxygen atoms in total. The Kier molecular flexibility index (Phi) is 8.66. The zero-order chi connectivity index (χ0) is 29.1. The van der Waals surface area contributed by atoms with Crippen molar-refractivity contribution in [2.75, 3.05) is 38.2 Å². The number of aryl methyl sites for hydroxylation is 2. The number of ether oxygens (including phenoxy) is 1. The molecule has 0 radical (unpaired) electrons.